The molecular formula is C18H14N2. The molecule has 0 aliphatic rings. The molecular weight excluding hydrogens is 244 g/mol. The Morgan fingerprint density at radius 3 is 2.50 bits per heavy atom. The monoisotopic (exact) mass is 258 g/mol. The molecule has 2 aromatic carbocycles. The second kappa shape index (κ2) is 4.71. The molecule has 0 radical (unpaired) electrons. The summed E-state index contributed by atoms with van der Waals surface area (Å²) in [6, 6.07) is 16.4. The summed E-state index contributed by atoms with van der Waals surface area (Å²) in [7, 11) is 0. The number of nitriles is 1. The van der Waals surface area contributed by atoms with Crippen LogP contribution in [0.2, 0.25) is 0 Å². The summed E-state index contributed by atoms with van der Waals surface area (Å²) in [5.41, 5.74) is 4.94. The third-order valence-corrected chi connectivity index (χ3v) is 3.53. The van der Waals surface area contributed by atoms with Gasteiger partial charge in [-0.2, -0.15) is 5.26 Å². The van der Waals surface area contributed by atoms with Gasteiger partial charge in [0, 0.05) is 17.3 Å². The molecule has 0 bridgehead atoms. The molecule has 0 unspecified atom stereocenters. The minimum atomic E-state index is 0.677. The van der Waals surface area contributed by atoms with Gasteiger partial charge in [-0.3, -0.25) is 0 Å². The summed E-state index contributed by atoms with van der Waals surface area (Å²) in [6.07, 6.45) is 3.83. The third-order valence-electron chi connectivity index (χ3n) is 3.53. The molecule has 2 nitrogen and oxygen atoms in total. The van der Waals surface area contributed by atoms with Crippen LogP contribution in [0.1, 0.15) is 16.7 Å². The van der Waals surface area contributed by atoms with E-state index in [1.54, 1.807) is 0 Å². The lowest BCUT2D eigenvalue weighted by Gasteiger charge is -2.08. The molecule has 2 heteroatoms. The van der Waals surface area contributed by atoms with Crippen molar-refractivity contribution in [2.75, 3.05) is 0 Å². The molecule has 1 heterocycles. The summed E-state index contributed by atoms with van der Waals surface area (Å²) >= 11 is 0. The lowest BCUT2D eigenvalue weighted by Crippen LogP contribution is -1.94. The van der Waals surface area contributed by atoms with Gasteiger partial charge in [0.25, 0.3) is 0 Å². The van der Waals surface area contributed by atoms with E-state index in [2.05, 4.69) is 48.4 Å². The first-order valence-corrected chi connectivity index (χ1v) is 6.48. The second-order valence-electron chi connectivity index (χ2n) is 4.80. The van der Waals surface area contributed by atoms with E-state index >= 15 is 0 Å². The first kappa shape index (κ1) is 12.3. The van der Waals surface area contributed by atoms with Crippen LogP contribution in [0.4, 0.5) is 0 Å². The van der Waals surface area contributed by atoms with E-state index < -0.39 is 0 Å². The second-order valence-corrected chi connectivity index (χ2v) is 4.80. The molecule has 3 aromatic rings. The van der Waals surface area contributed by atoms with Crippen molar-refractivity contribution in [3.63, 3.8) is 0 Å². The fourth-order valence-electron chi connectivity index (χ4n) is 2.47. The number of nitrogens with zero attached hydrogens (tertiary/aromatic N) is 2. The Morgan fingerprint density at radius 2 is 1.85 bits per heavy atom. The summed E-state index contributed by atoms with van der Waals surface area (Å²) in [5.74, 6) is 0. The highest BCUT2D eigenvalue weighted by molar-refractivity contribution is 5.93. The predicted octanol–water partition coefficient (Wildman–Crippen LogP) is 4.45. The minimum Gasteiger partial charge on any atom is -0.315 e. The molecule has 0 spiro atoms. The maximum Gasteiger partial charge on any atom is 0.101 e. The summed E-state index contributed by atoms with van der Waals surface area (Å²) in [5, 5.41) is 10.4. The Hall–Kier alpha value is -2.79. The highest BCUT2D eigenvalue weighted by Gasteiger charge is 2.10. The van der Waals surface area contributed by atoms with Crippen LogP contribution in [0.5, 0.6) is 0 Å². The first-order valence-electron chi connectivity index (χ1n) is 6.48. The van der Waals surface area contributed by atoms with Crippen LogP contribution in [0.15, 0.2) is 55.2 Å². The van der Waals surface area contributed by atoms with Crippen LogP contribution in [0.25, 0.3) is 22.7 Å². The van der Waals surface area contributed by atoms with Gasteiger partial charge in [0.05, 0.1) is 11.1 Å². The molecule has 96 valence electrons. The summed E-state index contributed by atoms with van der Waals surface area (Å²) in [6.45, 7) is 5.90. The topological polar surface area (TPSA) is 28.7 Å². The molecule has 0 aliphatic carbocycles. The average molecular weight is 258 g/mol. The largest absolute Gasteiger partial charge is 0.315 e. The van der Waals surface area contributed by atoms with E-state index in [0.29, 0.717) is 5.56 Å². The highest BCUT2D eigenvalue weighted by atomic mass is 15.0. The smallest absolute Gasteiger partial charge is 0.101 e. The van der Waals surface area contributed by atoms with Gasteiger partial charge in [-0.15, -0.1) is 0 Å². The highest BCUT2D eigenvalue weighted by Crippen LogP contribution is 2.27. The zero-order valence-electron chi connectivity index (χ0n) is 11.3. The molecule has 0 atom stereocenters. The Kier molecular flexibility index (Phi) is 2.89. The van der Waals surface area contributed by atoms with E-state index in [4.69, 9.17) is 0 Å². The first-order chi connectivity index (χ1) is 9.74. The number of aromatic nitrogens is 1. The average Bonchev–Trinajstić information content (AvgIpc) is 2.92. The molecule has 0 amide bonds. The van der Waals surface area contributed by atoms with Gasteiger partial charge in [-0.1, -0.05) is 36.4 Å². The van der Waals surface area contributed by atoms with Crippen LogP contribution < -0.4 is 0 Å². The van der Waals surface area contributed by atoms with Crippen LogP contribution in [-0.4, -0.2) is 4.57 Å². The van der Waals surface area contributed by atoms with Crippen molar-refractivity contribution in [3.8, 4) is 11.8 Å². The lowest BCUT2D eigenvalue weighted by atomic mass is 10.1. The number of fused-ring (bicyclic) bond motifs is 1. The summed E-state index contributed by atoms with van der Waals surface area (Å²) < 4.78 is 2.06. The molecule has 3 rings (SSSR count). The number of hydrogen-bond donors (Lipinski definition) is 0. The maximum atomic E-state index is 9.34. The fraction of sp³-hybridized carbons (Fsp3) is 0.0556. The Labute approximate surface area is 118 Å². The SMILES string of the molecule is C=Cc1ccc(C#N)c2c1ccn2-c1ccc(C)cc1. The molecule has 0 N–H and O–H groups in total. The minimum absolute atomic E-state index is 0.677. The third kappa shape index (κ3) is 1.81. The lowest BCUT2D eigenvalue weighted by molar-refractivity contribution is 1.12. The van der Waals surface area contributed by atoms with Gasteiger partial charge >= 0.3 is 0 Å². The van der Waals surface area contributed by atoms with Gasteiger partial charge < -0.3 is 4.57 Å². The number of aryl methyl sites for hydroxylation is 1. The van der Waals surface area contributed by atoms with E-state index in [-0.39, 0.29) is 0 Å². The molecule has 1 aromatic heterocycles. The number of hydrogen-bond acceptors (Lipinski definition) is 1. The van der Waals surface area contributed by atoms with Gasteiger partial charge in [0.15, 0.2) is 0 Å². The van der Waals surface area contributed by atoms with Gasteiger partial charge in [0.1, 0.15) is 6.07 Å². The molecule has 20 heavy (non-hydrogen) atoms. The van der Waals surface area contributed by atoms with Crippen molar-refractivity contribution >= 4 is 17.0 Å². The van der Waals surface area contributed by atoms with E-state index in [1.165, 1.54) is 5.56 Å². The zero-order valence-corrected chi connectivity index (χ0v) is 11.3. The Balaban J connectivity index is 2.35. The fourth-order valence-corrected chi connectivity index (χ4v) is 2.47. The van der Waals surface area contributed by atoms with Crippen molar-refractivity contribution in [2.24, 2.45) is 0 Å². The quantitative estimate of drug-likeness (QED) is 0.667. The van der Waals surface area contributed by atoms with Crippen molar-refractivity contribution in [3.05, 3.63) is 71.9 Å². The standard InChI is InChI=1S/C18H14N2/c1-3-14-6-7-15(12-19)18-17(14)10-11-20(18)16-8-4-13(2)5-9-16/h3-11H,1H2,2H3. The molecule has 0 fully saturated rings. The molecule has 0 aliphatic heterocycles. The van der Waals surface area contributed by atoms with Crippen LogP contribution in [-0.2, 0) is 0 Å². The maximum absolute atomic E-state index is 9.34. The normalized spacial score (nSPS) is 10.4. The van der Waals surface area contributed by atoms with E-state index in [9.17, 15) is 5.26 Å². The summed E-state index contributed by atoms with van der Waals surface area (Å²) in [4.78, 5) is 0. The number of rotatable bonds is 2. The van der Waals surface area contributed by atoms with Crippen molar-refractivity contribution in [2.45, 2.75) is 6.92 Å². The Morgan fingerprint density at radius 1 is 1.10 bits per heavy atom. The van der Waals surface area contributed by atoms with Gasteiger partial charge in [-0.25, -0.2) is 0 Å². The molecule has 0 saturated heterocycles. The zero-order chi connectivity index (χ0) is 14.1. The van der Waals surface area contributed by atoms with Crippen molar-refractivity contribution in [1.29, 1.82) is 5.26 Å². The van der Waals surface area contributed by atoms with Crippen LogP contribution in [0, 0.1) is 18.3 Å². The van der Waals surface area contributed by atoms with Crippen LogP contribution in [0.3, 0.4) is 0 Å². The number of benzene rings is 2. The van der Waals surface area contributed by atoms with Gasteiger partial charge in [0.2, 0.25) is 0 Å². The van der Waals surface area contributed by atoms with Gasteiger partial charge in [-0.05, 0) is 36.8 Å². The van der Waals surface area contributed by atoms with E-state index in [1.807, 2.05) is 30.5 Å². The van der Waals surface area contributed by atoms with Crippen molar-refractivity contribution in [1.82, 2.24) is 4.57 Å². The van der Waals surface area contributed by atoms with Crippen LogP contribution >= 0.6 is 0 Å². The molecule has 0 saturated carbocycles. The van der Waals surface area contributed by atoms with E-state index in [0.717, 1.165) is 22.2 Å². The Bertz CT molecular complexity index is 830. The van der Waals surface area contributed by atoms with Crippen molar-refractivity contribution < 1.29 is 0 Å². The predicted molar refractivity (Wildman–Crippen MR) is 82.8 cm³/mol.